The number of pyridine rings is 1. The van der Waals surface area contributed by atoms with Gasteiger partial charge in [-0.1, -0.05) is 13.8 Å². The van der Waals surface area contributed by atoms with E-state index in [0.29, 0.717) is 11.4 Å². The Kier molecular flexibility index (Phi) is 3.56. The lowest BCUT2D eigenvalue weighted by molar-refractivity contribution is -0.119. The Hall–Kier alpha value is -3.09. The van der Waals surface area contributed by atoms with Crippen LogP contribution >= 0.6 is 0 Å². The predicted octanol–water partition coefficient (Wildman–Crippen LogP) is 2.67. The Morgan fingerprint density at radius 3 is 2.56 bits per heavy atom. The summed E-state index contributed by atoms with van der Waals surface area (Å²) < 4.78 is 5.93. The van der Waals surface area contributed by atoms with Gasteiger partial charge in [0, 0.05) is 24.0 Å². The first kappa shape index (κ1) is 15.4. The number of imide groups is 1. The number of nitrogens with zero attached hydrogens (tertiary/aromatic N) is 2. The molecule has 2 atom stereocenters. The fourth-order valence-corrected chi connectivity index (χ4v) is 3.05. The third-order valence-corrected chi connectivity index (χ3v) is 4.40. The number of hydrogen-bond donors (Lipinski definition) is 2. The molecule has 2 aromatic rings. The van der Waals surface area contributed by atoms with Crippen LogP contribution in [0.25, 0.3) is 0 Å². The van der Waals surface area contributed by atoms with Crippen LogP contribution < -0.4 is 20.3 Å². The van der Waals surface area contributed by atoms with Gasteiger partial charge in [-0.15, -0.1) is 0 Å². The third kappa shape index (κ3) is 2.57. The predicted molar refractivity (Wildman–Crippen MR) is 92.3 cm³/mol. The molecule has 3 heterocycles. The summed E-state index contributed by atoms with van der Waals surface area (Å²) in [5.41, 5.74) is 2.27. The van der Waals surface area contributed by atoms with Crippen molar-refractivity contribution in [2.45, 2.75) is 26.1 Å². The molecule has 0 unspecified atom stereocenters. The summed E-state index contributed by atoms with van der Waals surface area (Å²) in [6.45, 7) is 3.81. The quantitative estimate of drug-likeness (QED) is 0.841. The first-order chi connectivity index (χ1) is 12.0. The molecule has 0 radical (unpaired) electrons. The standard InChI is InChI=1S/C18H18N4O3/c1-10(2)15-17(23)22(18(24)21-15)12-3-4-13-14(9-12)25-16(20-13)11-5-7-19-8-6-11/h3-10,15-16,20H,1-2H3,(H,21,24)/t15-,16-/m1/s1. The molecule has 1 aromatic carbocycles. The van der Waals surface area contributed by atoms with Crippen LogP contribution in [0.1, 0.15) is 25.6 Å². The van der Waals surface area contributed by atoms with Crippen LogP contribution in [0.4, 0.5) is 16.2 Å². The van der Waals surface area contributed by atoms with Crippen LogP contribution in [-0.4, -0.2) is 23.0 Å². The van der Waals surface area contributed by atoms with Crippen molar-refractivity contribution in [1.29, 1.82) is 0 Å². The van der Waals surface area contributed by atoms with Crippen molar-refractivity contribution in [3.05, 3.63) is 48.3 Å². The first-order valence-corrected chi connectivity index (χ1v) is 8.16. The summed E-state index contributed by atoms with van der Waals surface area (Å²) >= 11 is 0. The van der Waals surface area contributed by atoms with Gasteiger partial charge in [0.25, 0.3) is 5.91 Å². The minimum absolute atomic E-state index is 0.0323. The minimum Gasteiger partial charge on any atom is -0.464 e. The fraction of sp³-hybridized carbons (Fsp3) is 0.278. The van der Waals surface area contributed by atoms with Crippen LogP contribution in [0, 0.1) is 5.92 Å². The molecule has 0 saturated carbocycles. The Labute approximate surface area is 145 Å². The molecule has 1 fully saturated rings. The van der Waals surface area contributed by atoms with E-state index in [9.17, 15) is 9.59 Å². The van der Waals surface area contributed by atoms with E-state index < -0.39 is 12.1 Å². The molecule has 0 spiro atoms. The number of carbonyl (C=O) groups excluding carboxylic acids is 2. The molecule has 2 aliphatic heterocycles. The first-order valence-electron chi connectivity index (χ1n) is 8.16. The highest BCUT2D eigenvalue weighted by molar-refractivity contribution is 6.21. The fourth-order valence-electron chi connectivity index (χ4n) is 3.05. The second-order valence-corrected chi connectivity index (χ2v) is 6.45. The topological polar surface area (TPSA) is 83.6 Å². The number of hydrogen-bond acceptors (Lipinski definition) is 5. The molecule has 2 N–H and O–H groups in total. The van der Waals surface area contributed by atoms with Gasteiger partial charge >= 0.3 is 6.03 Å². The van der Waals surface area contributed by atoms with Gasteiger partial charge in [0.05, 0.1) is 11.4 Å². The number of anilines is 2. The number of ether oxygens (including phenoxy) is 1. The maximum absolute atomic E-state index is 12.5. The van der Waals surface area contributed by atoms with Gasteiger partial charge in [0.2, 0.25) is 0 Å². The molecule has 7 heteroatoms. The van der Waals surface area contributed by atoms with E-state index in [2.05, 4.69) is 15.6 Å². The van der Waals surface area contributed by atoms with E-state index in [1.54, 1.807) is 24.5 Å². The zero-order chi connectivity index (χ0) is 17.6. The average molecular weight is 338 g/mol. The summed E-state index contributed by atoms with van der Waals surface area (Å²) in [5.74, 6) is 0.398. The number of benzene rings is 1. The number of aromatic nitrogens is 1. The second kappa shape index (κ2) is 5.77. The van der Waals surface area contributed by atoms with Crippen molar-refractivity contribution in [2.75, 3.05) is 10.2 Å². The molecule has 0 bridgehead atoms. The lowest BCUT2D eigenvalue weighted by Crippen LogP contribution is -2.34. The Balaban J connectivity index is 1.60. The zero-order valence-corrected chi connectivity index (χ0v) is 13.9. The summed E-state index contributed by atoms with van der Waals surface area (Å²) in [7, 11) is 0. The van der Waals surface area contributed by atoms with Crippen LogP contribution in [0.3, 0.4) is 0 Å². The maximum atomic E-state index is 12.5. The third-order valence-electron chi connectivity index (χ3n) is 4.40. The second-order valence-electron chi connectivity index (χ2n) is 6.45. The smallest absolute Gasteiger partial charge is 0.329 e. The van der Waals surface area contributed by atoms with E-state index >= 15 is 0 Å². The number of nitrogens with one attached hydrogen (secondary N) is 2. The SMILES string of the molecule is CC(C)[C@H]1NC(=O)N(c2ccc3c(c2)O[C@H](c2ccncc2)N3)C1=O. The van der Waals surface area contributed by atoms with Crippen molar-refractivity contribution < 1.29 is 14.3 Å². The summed E-state index contributed by atoms with van der Waals surface area (Å²) in [6, 6.07) is 8.11. The normalized spacial score (nSPS) is 21.8. The van der Waals surface area contributed by atoms with Crippen LogP contribution in [0.2, 0.25) is 0 Å². The van der Waals surface area contributed by atoms with E-state index in [1.165, 1.54) is 4.90 Å². The van der Waals surface area contributed by atoms with Gasteiger partial charge < -0.3 is 15.4 Å². The number of urea groups is 1. The van der Waals surface area contributed by atoms with Gasteiger partial charge in [0.15, 0.2) is 6.23 Å². The molecule has 25 heavy (non-hydrogen) atoms. The lowest BCUT2D eigenvalue weighted by Gasteiger charge is -2.15. The summed E-state index contributed by atoms with van der Waals surface area (Å²) in [5, 5.41) is 5.99. The van der Waals surface area contributed by atoms with Gasteiger partial charge in [-0.25, -0.2) is 9.69 Å². The highest BCUT2D eigenvalue weighted by Gasteiger charge is 2.41. The van der Waals surface area contributed by atoms with Crippen molar-refractivity contribution in [3.8, 4) is 5.75 Å². The molecule has 1 saturated heterocycles. The van der Waals surface area contributed by atoms with Gasteiger partial charge in [0.1, 0.15) is 11.8 Å². The lowest BCUT2D eigenvalue weighted by atomic mass is 10.0. The maximum Gasteiger partial charge on any atom is 0.329 e. The Bertz CT molecular complexity index is 837. The van der Waals surface area contributed by atoms with Crippen LogP contribution in [0.5, 0.6) is 5.75 Å². The number of fused-ring (bicyclic) bond motifs is 1. The van der Waals surface area contributed by atoms with Gasteiger partial charge in [-0.05, 0) is 30.2 Å². The van der Waals surface area contributed by atoms with E-state index in [-0.39, 0.29) is 18.1 Å². The molecule has 128 valence electrons. The minimum atomic E-state index is -0.496. The highest BCUT2D eigenvalue weighted by atomic mass is 16.5. The summed E-state index contributed by atoms with van der Waals surface area (Å²) in [6.07, 6.45) is 3.09. The number of carbonyl (C=O) groups is 2. The van der Waals surface area contributed by atoms with Gasteiger partial charge in [-0.2, -0.15) is 0 Å². The molecule has 3 amide bonds. The van der Waals surface area contributed by atoms with E-state index in [0.717, 1.165) is 11.3 Å². The van der Waals surface area contributed by atoms with Crippen molar-refractivity contribution >= 4 is 23.3 Å². The molecular weight excluding hydrogens is 320 g/mol. The summed E-state index contributed by atoms with van der Waals surface area (Å²) in [4.78, 5) is 29.9. The van der Waals surface area contributed by atoms with E-state index in [1.807, 2.05) is 32.0 Å². The molecule has 4 rings (SSSR count). The monoisotopic (exact) mass is 338 g/mol. The molecule has 0 aliphatic carbocycles. The Morgan fingerprint density at radius 1 is 1.12 bits per heavy atom. The molecule has 7 nitrogen and oxygen atoms in total. The van der Waals surface area contributed by atoms with Crippen LogP contribution in [-0.2, 0) is 4.79 Å². The number of amides is 3. The molecular formula is C18H18N4O3. The average Bonchev–Trinajstić information content (AvgIpc) is 3.16. The van der Waals surface area contributed by atoms with Crippen molar-refractivity contribution in [1.82, 2.24) is 10.3 Å². The van der Waals surface area contributed by atoms with Crippen molar-refractivity contribution in [3.63, 3.8) is 0 Å². The number of rotatable bonds is 3. The molecule has 2 aliphatic rings. The van der Waals surface area contributed by atoms with E-state index in [4.69, 9.17) is 4.74 Å². The zero-order valence-electron chi connectivity index (χ0n) is 13.9. The Morgan fingerprint density at radius 2 is 1.88 bits per heavy atom. The van der Waals surface area contributed by atoms with Crippen molar-refractivity contribution in [2.24, 2.45) is 5.92 Å². The highest BCUT2D eigenvalue weighted by Crippen LogP contribution is 2.40. The van der Waals surface area contributed by atoms with Gasteiger partial charge in [-0.3, -0.25) is 9.78 Å². The van der Waals surface area contributed by atoms with Crippen LogP contribution in [0.15, 0.2) is 42.7 Å². The largest absolute Gasteiger partial charge is 0.464 e. The molecule has 1 aromatic heterocycles.